The van der Waals surface area contributed by atoms with Crippen molar-refractivity contribution in [3.8, 4) is 0 Å². The van der Waals surface area contributed by atoms with E-state index in [1.54, 1.807) is 0 Å². The molecule has 108 valence electrons. The highest BCUT2D eigenvalue weighted by atomic mass is 32.2. The van der Waals surface area contributed by atoms with Gasteiger partial charge in [0.25, 0.3) is 0 Å². The van der Waals surface area contributed by atoms with Crippen LogP contribution in [0.1, 0.15) is 12.0 Å². The second kappa shape index (κ2) is 5.57. The van der Waals surface area contributed by atoms with Gasteiger partial charge in [-0.3, -0.25) is 4.79 Å². The molecule has 1 aromatic heterocycles. The third kappa shape index (κ3) is 3.05. The molecule has 5 N–H and O–H groups in total. The fourth-order valence-corrected chi connectivity index (χ4v) is 3.12. The molecule has 8 heteroatoms. The maximum Gasteiger partial charge on any atom is 0.237 e. The van der Waals surface area contributed by atoms with E-state index in [2.05, 4.69) is 20.3 Å². The second-order valence-corrected chi connectivity index (χ2v) is 5.80. The highest BCUT2D eigenvalue weighted by molar-refractivity contribution is 8.00. The van der Waals surface area contributed by atoms with Crippen molar-refractivity contribution in [1.82, 2.24) is 15.0 Å². The fourth-order valence-electron chi connectivity index (χ4n) is 2.17. The van der Waals surface area contributed by atoms with Gasteiger partial charge in [0.2, 0.25) is 17.8 Å². The van der Waals surface area contributed by atoms with Crippen LogP contribution in [-0.2, 0) is 11.2 Å². The van der Waals surface area contributed by atoms with Crippen molar-refractivity contribution in [1.29, 1.82) is 0 Å². The Bertz CT molecular complexity index is 672. The van der Waals surface area contributed by atoms with E-state index in [4.69, 9.17) is 11.5 Å². The Kier molecular flexibility index (Phi) is 3.61. The summed E-state index contributed by atoms with van der Waals surface area (Å²) in [5.74, 6) is 0.0483. The number of para-hydroxylation sites is 1. The maximum atomic E-state index is 12.3. The Morgan fingerprint density at radius 3 is 2.62 bits per heavy atom. The molecule has 0 saturated heterocycles. The normalized spacial score (nSPS) is 17.7. The van der Waals surface area contributed by atoms with Gasteiger partial charge in [0.05, 0.1) is 5.25 Å². The number of nitrogen functional groups attached to an aromatic ring is 2. The number of fused-ring (bicyclic) bond motifs is 1. The fraction of sp³-hybridized carbons (Fsp3) is 0.231. The van der Waals surface area contributed by atoms with Crippen LogP contribution in [0.3, 0.4) is 0 Å². The van der Waals surface area contributed by atoms with Gasteiger partial charge in [0.1, 0.15) is 0 Å². The highest BCUT2D eigenvalue weighted by Gasteiger charge is 2.25. The zero-order chi connectivity index (χ0) is 14.8. The molecule has 1 aliphatic rings. The zero-order valence-electron chi connectivity index (χ0n) is 11.1. The van der Waals surface area contributed by atoms with Crippen LogP contribution in [0.15, 0.2) is 29.4 Å². The SMILES string of the molecule is Nc1nc(N)nc(S[C@H]2CCc3ccccc3NC2=O)n1. The van der Waals surface area contributed by atoms with Crippen LogP contribution in [0.5, 0.6) is 0 Å². The van der Waals surface area contributed by atoms with Crippen LogP contribution < -0.4 is 16.8 Å². The molecule has 0 saturated carbocycles. The number of thioether (sulfide) groups is 1. The minimum atomic E-state index is -0.293. The molecule has 0 radical (unpaired) electrons. The first-order valence-corrected chi connectivity index (χ1v) is 7.32. The third-order valence-corrected chi connectivity index (χ3v) is 4.27. The molecular formula is C13H14N6OS. The van der Waals surface area contributed by atoms with Crippen LogP contribution in [0.4, 0.5) is 17.6 Å². The molecule has 1 atom stereocenters. The molecule has 2 heterocycles. The predicted molar refractivity (Wildman–Crippen MR) is 81.7 cm³/mol. The van der Waals surface area contributed by atoms with Crippen molar-refractivity contribution >= 4 is 35.3 Å². The predicted octanol–water partition coefficient (Wildman–Crippen LogP) is 1.08. The summed E-state index contributed by atoms with van der Waals surface area (Å²) in [6.45, 7) is 0. The van der Waals surface area contributed by atoms with Crippen molar-refractivity contribution in [2.75, 3.05) is 16.8 Å². The highest BCUT2D eigenvalue weighted by Crippen LogP contribution is 2.30. The molecule has 0 fully saturated rings. The van der Waals surface area contributed by atoms with E-state index in [0.29, 0.717) is 11.6 Å². The van der Waals surface area contributed by atoms with Crippen LogP contribution in [0.25, 0.3) is 0 Å². The number of carbonyl (C=O) groups excluding carboxylic acids is 1. The van der Waals surface area contributed by atoms with Gasteiger partial charge in [-0.05, 0) is 24.5 Å². The van der Waals surface area contributed by atoms with Crippen LogP contribution in [-0.4, -0.2) is 26.1 Å². The van der Waals surface area contributed by atoms with Crippen LogP contribution in [0, 0.1) is 0 Å². The molecule has 3 rings (SSSR count). The van der Waals surface area contributed by atoms with Crippen LogP contribution in [0.2, 0.25) is 0 Å². The Labute approximate surface area is 125 Å². The molecule has 0 bridgehead atoms. The van der Waals surface area contributed by atoms with E-state index in [-0.39, 0.29) is 23.1 Å². The number of aromatic nitrogens is 3. The number of carbonyl (C=O) groups is 1. The number of amides is 1. The standard InChI is InChI=1S/C13H14N6OS/c14-11-17-12(15)19-13(18-11)21-9-6-5-7-3-1-2-4-8(7)16-10(9)20/h1-4,9H,5-6H2,(H,16,20)(H4,14,15,17,18,19)/t9-/m0/s1. The molecule has 1 amide bonds. The summed E-state index contributed by atoms with van der Waals surface area (Å²) in [4.78, 5) is 24.0. The smallest absolute Gasteiger partial charge is 0.237 e. The maximum absolute atomic E-state index is 12.3. The molecule has 2 aromatic rings. The number of rotatable bonds is 2. The van der Waals surface area contributed by atoms with E-state index >= 15 is 0 Å². The first kappa shape index (κ1) is 13.6. The number of anilines is 3. The summed E-state index contributed by atoms with van der Waals surface area (Å²) in [5.41, 5.74) is 13.1. The zero-order valence-corrected chi connectivity index (χ0v) is 11.9. The Balaban J connectivity index is 1.79. The van der Waals surface area contributed by atoms with E-state index in [9.17, 15) is 4.79 Å². The van der Waals surface area contributed by atoms with Gasteiger partial charge in [0.15, 0.2) is 5.16 Å². The van der Waals surface area contributed by atoms with Gasteiger partial charge in [-0.25, -0.2) is 0 Å². The molecule has 1 aliphatic heterocycles. The number of hydrogen-bond acceptors (Lipinski definition) is 7. The third-order valence-electron chi connectivity index (χ3n) is 3.14. The minimum absolute atomic E-state index is 0.0577. The van der Waals surface area contributed by atoms with Crippen molar-refractivity contribution in [3.63, 3.8) is 0 Å². The number of nitrogens with zero attached hydrogens (tertiary/aromatic N) is 3. The summed E-state index contributed by atoms with van der Waals surface area (Å²) >= 11 is 1.25. The number of hydrogen-bond donors (Lipinski definition) is 3. The quantitative estimate of drug-likeness (QED) is 0.759. The average Bonchev–Trinajstić information content (AvgIpc) is 2.58. The van der Waals surface area contributed by atoms with Gasteiger partial charge < -0.3 is 16.8 Å². The largest absolute Gasteiger partial charge is 0.368 e. The van der Waals surface area contributed by atoms with Crippen molar-refractivity contribution < 1.29 is 4.79 Å². The lowest BCUT2D eigenvalue weighted by molar-refractivity contribution is -0.115. The molecule has 0 spiro atoms. The van der Waals surface area contributed by atoms with Gasteiger partial charge >= 0.3 is 0 Å². The first-order chi connectivity index (χ1) is 10.1. The van der Waals surface area contributed by atoms with Crippen molar-refractivity contribution in [2.45, 2.75) is 23.2 Å². The molecule has 0 aliphatic carbocycles. The van der Waals surface area contributed by atoms with Crippen molar-refractivity contribution in [2.24, 2.45) is 0 Å². The Morgan fingerprint density at radius 2 is 1.86 bits per heavy atom. The van der Waals surface area contributed by atoms with E-state index in [1.165, 1.54) is 11.8 Å². The van der Waals surface area contributed by atoms with E-state index in [0.717, 1.165) is 17.7 Å². The monoisotopic (exact) mass is 302 g/mol. The van der Waals surface area contributed by atoms with Crippen molar-refractivity contribution in [3.05, 3.63) is 29.8 Å². The van der Waals surface area contributed by atoms with Crippen LogP contribution >= 0.6 is 11.8 Å². The molecule has 0 unspecified atom stereocenters. The lowest BCUT2D eigenvalue weighted by Crippen LogP contribution is -2.24. The summed E-state index contributed by atoms with van der Waals surface area (Å²) < 4.78 is 0. The number of nitrogens with one attached hydrogen (secondary N) is 1. The van der Waals surface area contributed by atoms with Gasteiger partial charge in [-0.2, -0.15) is 15.0 Å². The minimum Gasteiger partial charge on any atom is -0.368 e. The Morgan fingerprint density at radius 1 is 1.14 bits per heavy atom. The average molecular weight is 302 g/mol. The number of benzene rings is 1. The molecule has 21 heavy (non-hydrogen) atoms. The summed E-state index contributed by atoms with van der Waals surface area (Å²) in [6, 6.07) is 7.78. The number of nitrogens with two attached hydrogens (primary N) is 2. The lowest BCUT2D eigenvalue weighted by Gasteiger charge is -2.11. The Hall–Kier alpha value is -2.35. The van der Waals surface area contributed by atoms with E-state index < -0.39 is 0 Å². The second-order valence-electron chi connectivity index (χ2n) is 4.63. The number of aryl methyl sites for hydroxylation is 1. The van der Waals surface area contributed by atoms with Gasteiger partial charge in [0, 0.05) is 5.69 Å². The van der Waals surface area contributed by atoms with Gasteiger partial charge in [-0.15, -0.1) is 0 Å². The first-order valence-electron chi connectivity index (χ1n) is 6.44. The molecule has 1 aromatic carbocycles. The summed E-state index contributed by atoms with van der Waals surface area (Å²) in [5, 5.41) is 3.00. The lowest BCUT2D eigenvalue weighted by atomic mass is 10.1. The van der Waals surface area contributed by atoms with Gasteiger partial charge in [-0.1, -0.05) is 30.0 Å². The summed E-state index contributed by atoms with van der Waals surface area (Å²) in [6.07, 6.45) is 1.50. The molecular weight excluding hydrogens is 288 g/mol. The molecule has 7 nitrogen and oxygen atoms in total. The van der Waals surface area contributed by atoms with E-state index in [1.807, 2.05) is 24.3 Å². The summed E-state index contributed by atoms with van der Waals surface area (Å²) in [7, 11) is 0. The topological polar surface area (TPSA) is 120 Å².